The van der Waals surface area contributed by atoms with Crippen LogP contribution < -0.4 is 20.1 Å². The molecule has 3 aromatic carbocycles. The van der Waals surface area contributed by atoms with Crippen molar-refractivity contribution in [3.8, 4) is 11.5 Å². The first-order valence-electron chi connectivity index (χ1n) is 12.1. The van der Waals surface area contributed by atoms with Crippen LogP contribution >= 0.6 is 7.60 Å². The Morgan fingerprint density at radius 3 is 1.89 bits per heavy atom. The molecule has 4 N–H and O–H groups in total. The van der Waals surface area contributed by atoms with Crippen molar-refractivity contribution < 1.29 is 18.4 Å². The number of hydrogen-bond donors (Lipinski definition) is 3. The van der Waals surface area contributed by atoms with Gasteiger partial charge in [-0.15, -0.1) is 0 Å². The van der Waals surface area contributed by atoms with E-state index in [1.165, 1.54) is 6.08 Å². The Morgan fingerprint density at radius 2 is 1.41 bits per heavy atom. The van der Waals surface area contributed by atoms with Crippen LogP contribution in [0.25, 0.3) is 6.08 Å². The fourth-order valence-electron chi connectivity index (χ4n) is 4.23. The van der Waals surface area contributed by atoms with Gasteiger partial charge in [0.1, 0.15) is 11.5 Å². The zero-order valence-corrected chi connectivity index (χ0v) is 21.3. The maximum absolute atomic E-state index is 14.6. The van der Waals surface area contributed by atoms with Gasteiger partial charge in [0.25, 0.3) is 0 Å². The van der Waals surface area contributed by atoms with Crippen molar-refractivity contribution in [2.45, 2.75) is 18.6 Å². The second kappa shape index (κ2) is 12.3. The zero-order chi connectivity index (χ0) is 26.1. The van der Waals surface area contributed by atoms with E-state index in [1.54, 1.807) is 59.5 Å². The van der Waals surface area contributed by atoms with Crippen LogP contribution in [-0.2, 0) is 9.36 Å². The molecule has 0 spiro atoms. The largest absolute Gasteiger partial charge is 0.453 e. The maximum atomic E-state index is 14.6. The Bertz CT molecular complexity index is 1200. The van der Waals surface area contributed by atoms with Crippen molar-refractivity contribution in [3.63, 3.8) is 0 Å². The van der Waals surface area contributed by atoms with E-state index in [0.29, 0.717) is 37.4 Å². The lowest BCUT2D eigenvalue weighted by atomic mass is 9.96. The molecule has 4 rings (SSSR count). The van der Waals surface area contributed by atoms with Gasteiger partial charge in [-0.25, -0.2) is 4.57 Å². The highest BCUT2D eigenvalue weighted by molar-refractivity contribution is 7.55. The molecule has 1 heterocycles. The number of amides is 1. The molecule has 3 aromatic rings. The van der Waals surface area contributed by atoms with Gasteiger partial charge >= 0.3 is 7.60 Å². The van der Waals surface area contributed by atoms with E-state index in [9.17, 15) is 9.36 Å². The molecule has 1 fully saturated rings. The molecule has 1 atom stereocenters. The molecule has 0 aliphatic carbocycles. The number of nitrogens with one attached hydrogen (secondary N) is 2. The highest BCUT2D eigenvalue weighted by Crippen LogP contribution is 2.55. The minimum Gasteiger partial charge on any atom is -0.415 e. The van der Waals surface area contributed by atoms with E-state index in [0.717, 1.165) is 5.56 Å². The highest BCUT2D eigenvalue weighted by atomic mass is 31.2. The summed E-state index contributed by atoms with van der Waals surface area (Å²) in [6.07, 6.45) is 4.22. The average molecular weight is 519 g/mol. The topological polar surface area (TPSA) is 118 Å². The molecule has 9 heteroatoms. The second-order valence-electron chi connectivity index (χ2n) is 8.76. The number of guanidine groups is 1. The molecule has 0 aromatic heterocycles. The fraction of sp³-hybridized carbons (Fsp3) is 0.214. The van der Waals surface area contributed by atoms with Gasteiger partial charge in [0, 0.05) is 19.2 Å². The lowest BCUT2D eigenvalue weighted by Crippen LogP contribution is -2.48. The van der Waals surface area contributed by atoms with Gasteiger partial charge in [0.15, 0.2) is 11.7 Å². The number of nitrogens with zero attached hydrogens (tertiary/aromatic N) is 1. The molecule has 1 unspecified atom stereocenters. The lowest BCUT2D eigenvalue weighted by Gasteiger charge is -2.38. The van der Waals surface area contributed by atoms with Crippen LogP contribution in [0.4, 0.5) is 0 Å². The maximum Gasteiger partial charge on any atom is 0.453 e. The summed E-state index contributed by atoms with van der Waals surface area (Å²) >= 11 is 0. The monoisotopic (exact) mass is 518 g/mol. The minimum atomic E-state index is -4.00. The van der Waals surface area contributed by atoms with Crippen LogP contribution in [0.15, 0.2) is 97.1 Å². The van der Waals surface area contributed by atoms with Crippen molar-refractivity contribution in [1.29, 1.82) is 5.41 Å². The number of benzene rings is 3. The lowest BCUT2D eigenvalue weighted by molar-refractivity contribution is -0.117. The van der Waals surface area contributed by atoms with Crippen molar-refractivity contribution >= 4 is 25.5 Å². The first-order chi connectivity index (χ1) is 17.9. The van der Waals surface area contributed by atoms with Crippen molar-refractivity contribution in [2.75, 3.05) is 13.1 Å². The number of hydrogen-bond acceptors (Lipinski definition) is 5. The van der Waals surface area contributed by atoms with E-state index < -0.39 is 19.3 Å². The van der Waals surface area contributed by atoms with Crippen LogP contribution in [0.2, 0.25) is 0 Å². The molecule has 1 amide bonds. The zero-order valence-electron chi connectivity index (χ0n) is 20.4. The molecule has 8 nitrogen and oxygen atoms in total. The normalized spacial score (nSPS) is 15.2. The van der Waals surface area contributed by atoms with Gasteiger partial charge in [0.05, 0.1) is 0 Å². The van der Waals surface area contributed by atoms with Crippen molar-refractivity contribution in [2.24, 2.45) is 11.7 Å². The van der Waals surface area contributed by atoms with Gasteiger partial charge in [-0.2, -0.15) is 0 Å². The first-order valence-corrected chi connectivity index (χ1v) is 13.8. The van der Waals surface area contributed by atoms with E-state index in [4.69, 9.17) is 20.2 Å². The first kappa shape index (κ1) is 26.0. The molecule has 0 bridgehead atoms. The summed E-state index contributed by atoms with van der Waals surface area (Å²) in [5.74, 6) is -0.826. The van der Waals surface area contributed by atoms with Crippen LogP contribution in [-0.4, -0.2) is 35.6 Å². The van der Waals surface area contributed by atoms with Gasteiger partial charge in [-0.1, -0.05) is 66.7 Å². The van der Waals surface area contributed by atoms with E-state index in [2.05, 4.69) is 5.32 Å². The number of carbonyl (C=O) groups excluding carboxylic acids is 1. The number of para-hydroxylation sites is 2. The Hall–Kier alpha value is -4.03. The average Bonchev–Trinajstić information content (AvgIpc) is 2.92. The van der Waals surface area contributed by atoms with Crippen molar-refractivity contribution in [1.82, 2.24) is 10.2 Å². The van der Waals surface area contributed by atoms with E-state index >= 15 is 0 Å². The number of rotatable bonds is 9. The summed E-state index contributed by atoms with van der Waals surface area (Å²) in [4.78, 5) is 14.9. The Labute approximate surface area is 217 Å². The Morgan fingerprint density at radius 1 is 0.919 bits per heavy atom. The van der Waals surface area contributed by atoms with Gasteiger partial charge in [0.2, 0.25) is 5.91 Å². The number of piperidine rings is 1. The third-order valence-corrected chi connectivity index (χ3v) is 8.30. The second-order valence-corrected chi connectivity index (χ2v) is 10.8. The molecule has 1 aliphatic heterocycles. The molecule has 1 aliphatic rings. The van der Waals surface area contributed by atoms with Gasteiger partial charge < -0.3 is 25.0 Å². The summed E-state index contributed by atoms with van der Waals surface area (Å²) in [6, 6.07) is 27.1. The summed E-state index contributed by atoms with van der Waals surface area (Å²) in [6.45, 7) is 1.01. The van der Waals surface area contributed by atoms with Crippen LogP contribution in [0.3, 0.4) is 0 Å². The van der Waals surface area contributed by atoms with Gasteiger partial charge in [-0.05, 0) is 54.7 Å². The predicted molar refractivity (Wildman–Crippen MR) is 145 cm³/mol. The Balaban J connectivity index is 1.65. The summed E-state index contributed by atoms with van der Waals surface area (Å²) < 4.78 is 26.8. The summed E-state index contributed by atoms with van der Waals surface area (Å²) in [7, 11) is -4.00. The minimum absolute atomic E-state index is 0.00548. The quantitative estimate of drug-likeness (QED) is 0.157. The molecule has 0 radical (unpaired) electrons. The number of nitrogens with two attached hydrogens (primary N) is 1. The van der Waals surface area contributed by atoms with Crippen LogP contribution in [0.5, 0.6) is 11.5 Å². The predicted octanol–water partition coefficient (Wildman–Crippen LogP) is 5.10. The third kappa shape index (κ3) is 7.24. The third-order valence-electron chi connectivity index (χ3n) is 6.14. The van der Waals surface area contributed by atoms with Gasteiger partial charge in [-0.3, -0.25) is 10.2 Å². The fourth-order valence-corrected chi connectivity index (χ4v) is 6.43. The number of carbonyl (C=O) groups is 1. The smallest absolute Gasteiger partial charge is 0.415 e. The molecular formula is C28H31N4O4P. The Kier molecular flexibility index (Phi) is 8.64. The van der Waals surface area contributed by atoms with E-state index in [1.807, 2.05) is 42.5 Å². The molecular weight excluding hydrogens is 487 g/mol. The SMILES string of the molecule is N=C(N)N1CCC(C(NC(=O)/C=C\c2ccccc2)P(=O)(Oc2ccccc2)Oc2ccccc2)CC1. The van der Waals surface area contributed by atoms with E-state index in [-0.39, 0.29) is 11.9 Å². The summed E-state index contributed by atoms with van der Waals surface area (Å²) in [5, 5.41) is 10.7. The highest BCUT2D eigenvalue weighted by Gasteiger charge is 2.46. The molecule has 1 saturated heterocycles. The van der Waals surface area contributed by atoms with Crippen LogP contribution in [0, 0.1) is 11.3 Å². The van der Waals surface area contributed by atoms with Crippen molar-refractivity contribution in [3.05, 3.63) is 103 Å². The molecule has 37 heavy (non-hydrogen) atoms. The van der Waals surface area contributed by atoms with Crippen LogP contribution in [0.1, 0.15) is 18.4 Å². The molecule has 192 valence electrons. The summed E-state index contributed by atoms with van der Waals surface area (Å²) in [5.41, 5.74) is 6.55. The standard InChI is InChI=1S/C28H31N4O4P/c29-28(30)32-20-18-23(19-21-32)27(31-26(33)17-16-22-10-4-1-5-11-22)37(34,35-24-12-6-2-7-13-24)36-25-14-8-3-9-15-25/h1-17,23,27H,18-21H2,(H3,29,30)(H,31,33)/b17-16-. The molecule has 0 saturated carbocycles. The number of likely N-dealkylation sites (tertiary alicyclic amines) is 1.